The molecule has 1 amide bonds. The quantitative estimate of drug-likeness (QED) is 0.780. The number of rotatable bonds is 2. The van der Waals surface area contributed by atoms with E-state index in [2.05, 4.69) is 0 Å². The summed E-state index contributed by atoms with van der Waals surface area (Å²) < 4.78 is 0. The highest BCUT2D eigenvalue weighted by molar-refractivity contribution is 6.31. The van der Waals surface area contributed by atoms with Crippen LogP contribution in [-0.2, 0) is 9.59 Å². The van der Waals surface area contributed by atoms with Gasteiger partial charge in [0.1, 0.15) is 11.5 Å². The van der Waals surface area contributed by atoms with E-state index in [9.17, 15) is 14.8 Å². The topological polar surface area (TPSA) is 60.9 Å². The highest BCUT2D eigenvalue weighted by Gasteiger charge is 2.60. The number of hydrogen-bond acceptors (Lipinski definition) is 4. The van der Waals surface area contributed by atoms with E-state index >= 15 is 0 Å². The van der Waals surface area contributed by atoms with E-state index in [0.717, 1.165) is 22.4 Å². The maximum atomic E-state index is 13.8. The van der Waals surface area contributed by atoms with Gasteiger partial charge in [0.15, 0.2) is 5.78 Å². The molecule has 2 heterocycles. The minimum Gasteiger partial charge on any atom is -0.314 e. The number of piperidine rings is 1. The summed E-state index contributed by atoms with van der Waals surface area (Å²) in [5.41, 5.74) is 2.24. The normalized spacial score (nSPS) is 22.3. The molecule has 0 aliphatic carbocycles. The molecule has 2 saturated heterocycles. The molecule has 4 rings (SSSR count). The third-order valence-electron chi connectivity index (χ3n) is 6.04. The molecule has 1 N–H and O–H groups in total. The maximum absolute atomic E-state index is 13.8. The first kappa shape index (κ1) is 19.1. The summed E-state index contributed by atoms with van der Waals surface area (Å²) in [6.07, 6.45) is 0.816. The van der Waals surface area contributed by atoms with Crippen LogP contribution in [0.4, 0.5) is 5.69 Å². The predicted molar refractivity (Wildman–Crippen MR) is 108 cm³/mol. The van der Waals surface area contributed by atoms with Crippen LogP contribution in [0.5, 0.6) is 0 Å². The molecule has 0 aromatic heterocycles. The molecule has 146 valence electrons. The van der Waals surface area contributed by atoms with Crippen molar-refractivity contribution in [2.75, 3.05) is 18.0 Å². The SMILES string of the molecule is Cc1cc(Cl)cc(C)c1C1C(=O)N(c2ccccc2)C2(CCN(O)CC2)C1=O. The lowest BCUT2D eigenvalue weighted by molar-refractivity contribution is -0.135. The molecule has 0 bridgehead atoms. The van der Waals surface area contributed by atoms with Gasteiger partial charge >= 0.3 is 0 Å². The highest BCUT2D eigenvalue weighted by atomic mass is 35.5. The smallest absolute Gasteiger partial charge is 0.243 e. The number of carbonyl (C=O) groups is 2. The van der Waals surface area contributed by atoms with Crippen LogP contribution in [0.3, 0.4) is 0 Å². The standard InChI is InChI=1S/C22H23ClN2O3/c1-14-12-16(23)13-15(2)18(14)19-20(26)22(8-10-24(28)11-9-22)25(21(19)27)17-6-4-3-5-7-17/h3-7,12-13,19,28H,8-11H2,1-2H3. The second-order valence-corrected chi connectivity index (χ2v) is 8.18. The number of nitrogens with zero attached hydrogens (tertiary/aromatic N) is 2. The van der Waals surface area contributed by atoms with Crippen molar-refractivity contribution >= 4 is 29.0 Å². The molecular formula is C22H23ClN2O3. The van der Waals surface area contributed by atoms with Crippen LogP contribution in [-0.4, -0.2) is 40.6 Å². The molecule has 0 saturated carbocycles. The first-order valence-electron chi connectivity index (χ1n) is 9.49. The number of anilines is 1. The van der Waals surface area contributed by atoms with Crippen molar-refractivity contribution in [3.8, 4) is 0 Å². The van der Waals surface area contributed by atoms with Crippen molar-refractivity contribution in [3.63, 3.8) is 0 Å². The number of benzene rings is 2. The first-order valence-corrected chi connectivity index (χ1v) is 9.87. The van der Waals surface area contributed by atoms with Gasteiger partial charge in [0.05, 0.1) is 0 Å². The van der Waals surface area contributed by atoms with Crippen molar-refractivity contribution in [2.45, 2.75) is 38.1 Å². The number of halogens is 1. The summed E-state index contributed by atoms with van der Waals surface area (Å²) in [5, 5.41) is 11.7. The van der Waals surface area contributed by atoms with Crippen molar-refractivity contribution < 1.29 is 14.8 Å². The summed E-state index contributed by atoms with van der Waals surface area (Å²) >= 11 is 6.17. The number of hydrogen-bond donors (Lipinski definition) is 1. The summed E-state index contributed by atoms with van der Waals surface area (Å²) in [6.45, 7) is 4.49. The van der Waals surface area contributed by atoms with Gasteiger partial charge < -0.3 is 5.21 Å². The second-order valence-electron chi connectivity index (χ2n) is 7.74. The third kappa shape index (κ3) is 2.85. The number of para-hydroxylation sites is 1. The Bertz CT molecular complexity index is 913. The Kier molecular flexibility index (Phi) is 4.78. The fourth-order valence-electron chi connectivity index (χ4n) is 4.75. The van der Waals surface area contributed by atoms with Crippen LogP contribution in [0.15, 0.2) is 42.5 Å². The molecule has 2 aliphatic heterocycles. The second kappa shape index (κ2) is 6.99. The fraction of sp³-hybridized carbons (Fsp3) is 0.364. The Labute approximate surface area is 169 Å². The Balaban J connectivity index is 1.87. The zero-order valence-electron chi connectivity index (χ0n) is 16.0. The molecule has 2 aromatic carbocycles. The average molecular weight is 399 g/mol. The molecule has 6 heteroatoms. The Morgan fingerprint density at radius 3 is 2.18 bits per heavy atom. The molecule has 1 spiro atoms. The Hall–Kier alpha value is -2.21. The van der Waals surface area contributed by atoms with E-state index < -0.39 is 11.5 Å². The lowest BCUT2D eigenvalue weighted by Gasteiger charge is -2.41. The zero-order valence-corrected chi connectivity index (χ0v) is 16.7. The predicted octanol–water partition coefficient (Wildman–Crippen LogP) is 3.88. The Morgan fingerprint density at radius 2 is 1.61 bits per heavy atom. The number of ketones is 1. The van der Waals surface area contributed by atoms with Crippen LogP contribution >= 0.6 is 11.6 Å². The largest absolute Gasteiger partial charge is 0.314 e. The van der Waals surface area contributed by atoms with Gasteiger partial charge in [0.25, 0.3) is 0 Å². The van der Waals surface area contributed by atoms with Crippen LogP contribution in [0.1, 0.15) is 35.4 Å². The lowest BCUT2D eigenvalue weighted by atomic mass is 9.78. The van der Waals surface area contributed by atoms with Gasteiger partial charge in [-0.1, -0.05) is 29.8 Å². The molecule has 28 heavy (non-hydrogen) atoms. The summed E-state index contributed by atoms with van der Waals surface area (Å²) in [5.74, 6) is -1.12. The van der Waals surface area contributed by atoms with Gasteiger partial charge in [-0.25, -0.2) is 0 Å². The van der Waals surface area contributed by atoms with Crippen LogP contribution in [0.25, 0.3) is 0 Å². The lowest BCUT2D eigenvalue weighted by Crippen LogP contribution is -2.56. The number of aryl methyl sites for hydroxylation is 2. The van der Waals surface area contributed by atoms with E-state index in [4.69, 9.17) is 11.6 Å². The van der Waals surface area contributed by atoms with Crippen molar-refractivity contribution in [2.24, 2.45) is 0 Å². The number of Topliss-reactive ketones (excluding diaryl/α,β-unsaturated/α-hetero) is 1. The van der Waals surface area contributed by atoms with Gasteiger partial charge in [-0.15, -0.1) is 0 Å². The zero-order chi connectivity index (χ0) is 20.1. The van der Waals surface area contributed by atoms with Crippen molar-refractivity contribution in [1.82, 2.24) is 5.06 Å². The number of hydroxylamine groups is 2. The van der Waals surface area contributed by atoms with Crippen LogP contribution in [0.2, 0.25) is 5.02 Å². The molecule has 2 aliphatic rings. The third-order valence-corrected chi connectivity index (χ3v) is 6.26. The van der Waals surface area contributed by atoms with Gasteiger partial charge in [-0.2, -0.15) is 5.06 Å². The number of carbonyl (C=O) groups excluding carboxylic acids is 2. The van der Waals surface area contributed by atoms with Crippen molar-refractivity contribution in [3.05, 3.63) is 64.2 Å². The minimum absolute atomic E-state index is 0.0806. The molecule has 2 aromatic rings. The van der Waals surface area contributed by atoms with E-state index in [0.29, 0.717) is 31.0 Å². The molecule has 2 fully saturated rings. The monoisotopic (exact) mass is 398 g/mol. The summed E-state index contributed by atoms with van der Waals surface area (Å²) in [4.78, 5) is 29.1. The fourth-order valence-corrected chi connectivity index (χ4v) is 5.08. The van der Waals surface area contributed by atoms with Crippen LogP contribution < -0.4 is 4.90 Å². The molecule has 5 nitrogen and oxygen atoms in total. The van der Waals surface area contributed by atoms with Gasteiger partial charge in [0, 0.05) is 23.8 Å². The average Bonchev–Trinajstić information content (AvgIpc) is 2.86. The first-order chi connectivity index (χ1) is 13.3. The van der Waals surface area contributed by atoms with E-state index in [1.807, 2.05) is 44.2 Å². The molecular weight excluding hydrogens is 376 g/mol. The van der Waals surface area contributed by atoms with Crippen molar-refractivity contribution in [1.29, 1.82) is 0 Å². The summed E-state index contributed by atoms with van der Waals surface area (Å²) in [6, 6.07) is 13.0. The summed E-state index contributed by atoms with van der Waals surface area (Å²) in [7, 11) is 0. The molecule has 1 atom stereocenters. The minimum atomic E-state index is -0.930. The van der Waals surface area contributed by atoms with Gasteiger partial charge in [-0.3, -0.25) is 14.5 Å². The van der Waals surface area contributed by atoms with E-state index in [-0.39, 0.29) is 11.7 Å². The number of amides is 1. The van der Waals surface area contributed by atoms with E-state index in [1.165, 1.54) is 5.06 Å². The van der Waals surface area contributed by atoms with Gasteiger partial charge in [0.2, 0.25) is 5.91 Å². The Morgan fingerprint density at radius 1 is 1.04 bits per heavy atom. The van der Waals surface area contributed by atoms with Crippen LogP contribution in [0, 0.1) is 13.8 Å². The molecule has 0 radical (unpaired) electrons. The molecule has 1 unspecified atom stereocenters. The van der Waals surface area contributed by atoms with Gasteiger partial charge in [-0.05, 0) is 67.6 Å². The van der Waals surface area contributed by atoms with E-state index in [1.54, 1.807) is 17.0 Å². The maximum Gasteiger partial charge on any atom is 0.243 e. The highest BCUT2D eigenvalue weighted by Crippen LogP contribution is 2.46.